The number of aromatic nitrogens is 2. The van der Waals surface area contributed by atoms with Gasteiger partial charge >= 0.3 is 0 Å². The Morgan fingerprint density at radius 1 is 1.33 bits per heavy atom. The highest BCUT2D eigenvalue weighted by Crippen LogP contribution is 2.18. The monoisotopic (exact) mass is 286 g/mol. The Morgan fingerprint density at radius 2 is 2.10 bits per heavy atom. The molecule has 0 atom stereocenters. The van der Waals surface area contributed by atoms with Crippen LogP contribution in [0.1, 0.15) is 40.0 Å². The summed E-state index contributed by atoms with van der Waals surface area (Å²) in [5.41, 5.74) is 3.63. The Morgan fingerprint density at radius 3 is 2.86 bits per heavy atom. The predicted molar refractivity (Wildman–Crippen MR) is 88.4 cm³/mol. The molecule has 0 saturated carbocycles. The Balaban J connectivity index is 1.89. The van der Waals surface area contributed by atoms with Gasteiger partial charge in [0.25, 0.3) is 0 Å². The normalized spacial score (nSPS) is 13.0. The van der Waals surface area contributed by atoms with Gasteiger partial charge in [-0.25, -0.2) is 4.98 Å². The molecule has 0 saturated heterocycles. The second kappa shape index (κ2) is 6.90. The maximum Gasteiger partial charge on any atom is 0.0961 e. The van der Waals surface area contributed by atoms with E-state index >= 15 is 0 Å². The van der Waals surface area contributed by atoms with Crippen LogP contribution in [0.3, 0.4) is 0 Å². The average molecular weight is 286 g/mol. The Labute approximate surface area is 127 Å². The fourth-order valence-corrected chi connectivity index (χ4v) is 2.45. The Kier molecular flexibility index (Phi) is 5.18. The van der Waals surface area contributed by atoms with Crippen LogP contribution in [-0.2, 0) is 11.3 Å². The number of rotatable bonds is 7. The van der Waals surface area contributed by atoms with E-state index in [0.717, 1.165) is 31.3 Å². The lowest BCUT2D eigenvalue weighted by molar-refractivity contribution is 0.0141. The van der Waals surface area contributed by atoms with E-state index in [9.17, 15) is 0 Å². The van der Waals surface area contributed by atoms with Crippen LogP contribution in [0.25, 0.3) is 11.0 Å². The van der Waals surface area contributed by atoms with Crippen molar-refractivity contribution in [1.82, 2.24) is 9.55 Å². The van der Waals surface area contributed by atoms with Gasteiger partial charge in [0.1, 0.15) is 0 Å². The molecule has 0 aliphatic carbocycles. The quantitative estimate of drug-likeness (QED) is 0.550. The molecule has 0 unspecified atom stereocenters. The molecule has 2 rings (SSSR count). The van der Waals surface area contributed by atoms with Gasteiger partial charge in [-0.3, -0.25) is 0 Å². The van der Waals surface area contributed by atoms with Gasteiger partial charge in [-0.15, -0.1) is 0 Å². The summed E-state index contributed by atoms with van der Waals surface area (Å²) in [5.74, 6) is 0. The van der Waals surface area contributed by atoms with Crippen LogP contribution in [0, 0.1) is 0 Å². The molecule has 0 fully saturated rings. The summed E-state index contributed by atoms with van der Waals surface area (Å²) in [4.78, 5) is 4.43. The zero-order valence-corrected chi connectivity index (χ0v) is 13.6. The second-order valence-electron chi connectivity index (χ2n) is 6.27. The van der Waals surface area contributed by atoms with E-state index in [-0.39, 0.29) is 5.60 Å². The van der Waals surface area contributed by atoms with Gasteiger partial charge in [0.05, 0.1) is 23.0 Å². The number of ether oxygens (including phenoxy) is 1. The molecular weight excluding hydrogens is 260 g/mol. The van der Waals surface area contributed by atoms with Crippen molar-refractivity contribution in [2.24, 2.45) is 0 Å². The number of hydrogen-bond donors (Lipinski definition) is 0. The summed E-state index contributed by atoms with van der Waals surface area (Å²) >= 11 is 0. The summed E-state index contributed by atoms with van der Waals surface area (Å²) in [6.07, 6.45) is 7.60. The van der Waals surface area contributed by atoms with Crippen molar-refractivity contribution in [1.29, 1.82) is 0 Å². The molecule has 0 amide bonds. The summed E-state index contributed by atoms with van der Waals surface area (Å²) in [6.45, 7) is 7.38. The van der Waals surface area contributed by atoms with Crippen LogP contribution >= 0.6 is 0 Å². The third-order valence-electron chi connectivity index (χ3n) is 3.98. The highest BCUT2D eigenvalue weighted by Gasteiger charge is 2.14. The predicted octanol–water partition coefficient (Wildman–Crippen LogP) is 4.58. The number of benzene rings is 1. The first-order valence-electron chi connectivity index (χ1n) is 7.62. The molecule has 0 aliphatic heterocycles. The molecule has 1 heterocycles. The van der Waals surface area contributed by atoms with Gasteiger partial charge in [-0.05, 0) is 52.2 Å². The molecule has 3 heteroatoms. The van der Waals surface area contributed by atoms with E-state index in [1.54, 1.807) is 7.11 Å². The lowest BCUT2D eigenvalue weighted by Gasteiger charge is -2.22. The third-order valence-corrected chi connectivity index (χ3v) is 3.98. The number of methoxy groups -OCH3 is 1. The minimum absolute atomic E-state index is 0.0116. The van der Waals surface area contributed by atoms with E-state index in [1.807, 2.05) is 12.4 Å². The molecule has 2 aromatic rings. The van der Waals surface area contributed by atoms with Gasteiger partial charge in [-0.2, -0.15) is 0 Å². The van der Waals surface area contributed by atoms with E-state index in [2.05, 4.69) is 54.6 Å². The van der Waals surface area contributed by atoms with Crippen LogP contribution in [0.15, 0.2) is 42.2 Å². The van der Waals surface area contributed by atoms with Gasteiger partial charge in [0.15, 0.2) is 0 Å². The van der Waals surface area contributed by atoms with Gasteiger partial charge in [-0.1, -0.05) is 23.8 Å². The van der Waals surface area contributed by atoms with E-state index in [1.165, 1.54) is 11.1 Å². The summed E-state index contributed by atoms with van der Waals surface area (Å²) < 4.78 is 7.65. The topological polar surface area (TPSA) is 27.1 Å². The maximum absolute atomic E-state index is 5.45. The van der Waals surface area contributed by atoms with Crippen molar-refractivity contribution >= 4 is 11.0 Å². The first kappa shape index (κ1) is 15.8. The first-order valence-corrected chi connectivity index (χ1v) is 7.62. The minimum atomic E-state index is -0.0116. The summed E-state index contributed by atoms with van der Waals surface area (Å²) in [5, 5.41) is 0. The fraction of sp³-hybridized carbons (Fsp3) is 0.500. The smallest absolute Gasteiger partial charge is 0.0961 e. The zero-order chi connectivity index (χ0) is 15.3. The van der Waals surface area contributed by atoms with Crippen LogP contribution in [0.2, 0.25) is 0 Å². The molecule has 0 aliphatic rings. The van der Waals surface area contributed by atoms with Gasteiger partial charge in [0, 0.05) is 13.7 Å². The second-order valence-corrected chi connectivity index (χ2v) is 6.27. The van der Waals surface area contributed by atoms with Crippen molar-refractivity contribution in [3.63, 3.8) is 0 Å². The van der Waals surface area contributed by atoms with Crippen LogP contribution in [-0.4, -0.2) is 22.3 Å². The molecule has 3 nitrogen and oxygen atoms in total. The number of para-hydroxylation sites is 2. The Bertz CT molecular complexity index is 610. The Hall–Kier alpha value is -1.61. The summed E-state index contributed by atoms with van der Waals surface area (Å²) in [7, 11) is 1.78. The number of nitrogens with zero attached hydrogens (tertiary/aromatic N) is 2. The van der Waals surface area contributed by atoms with Crippen molar-refractivity contribution in [2.45, 2.75) is 52.2 Å². The highest BCUT2D eigenvalue weighted by molar-refractivity contribution is 5.74. The van der Waals surface area contributed by atoms with E-state index in [0.29, 0.717) is 0 Å². The van der Waals surface area contributed by atoms with Gasteiger partial charge < -0.3 is 9.30 Å². The lowest BCUT2D eigenvalue weighted by atomic mass is 10.0. The molecule has 0 spiro atoms. The zero-order valence-electron chi connectivity index (χ0n) is 13.6. The number of allylic oxidation sites excluding steroid dienone is 2. The lowest BCUT2D eigenvalue weighted by Crippen LogP contribution is -2.21. The molecule has 21 heavy (non-hydrogen) atoms. The molecule has 1 aromatic heterocycles. The number of fused-ring (bicyclic) bond motifs is 1. The molecule has 0 radical (unpaired) electrons. The first-order chi connectivity index (χ1) is 10.0. The molecule has 0 bridgehead atoms. The highest BCUT2D eigenvalue weighted by atomic mass is 16.5. The molecule has 0 N–H and O–H groups in total. The van der Waals surface area contributed by atoms with Crippen LogP contribution in [0.4, 0.5) is 0 Å². The van der Waals surface area contributed by atoms with E-state index in [4.69, 9.17) is 4.74 Å². The van der Waals surface area contributed by atoms with Crippen molar-refractivity contribution in [3.05, 3.63) is 42.2 Å². The number of hydrogen-bond acceptors (Lipinski definition) is 2. The number of unbranched alkanes of at least 4 members (excludes halogenated alkanes) is 1. The van der Waals surface area contributed by atoms with Crippen LogP contribution < -0.4 is 0 Å². The van der Waals surface area contributed by atoms with Crippen molar-refractivity contribution in [2.75, 3.05) is 7.11 Å². The standard InChI is InChI=1S/C18H26N2O/c1-15(9-7-8-12-18(2,3)21-4)13-20-14-19-16-10-5-6-11-17(16)20/h5-6,9-11,14H,7-8,12-13H2,1-4H3/b15-9+. The molecular formula is C18H26N2O. The maximum atomic E-state index is 5.45. The summed E-state index contributed by atoms with van der Waals surface area (Å²) in [6, 6.07) is 8.26. The number of imidazole rings is 1. The molecule has 1 aromatic carbocycles. The third kappa shape index (κ3) is 4.43. The molecule has 114 valence electrons. The fourth-order valence-electron chi connectivity index (χ4n) is 2.45. The largest absolute Gasteiger partial charge is 0.379 e. The average Bonchev–Trinajstić information content (AvgIpc) is 2.87. The van der Waals surface area contributed by atoms with Gasteiger partial charge in [0.2, 0.25) is 0 Å². The van der Waals surface area contributed by atoms with Crippen molar-refractivity contribution in [3.8, 4) is 0 Å². The van der Waals surface area contributed by atoms with E-state index < -0.39 is 0 Å². The minimum Gasteiger partial charge on any atom is -0.379 e. The van der Waals surface area contributed by atoms with Crippen molar-refractivity contribution < 1.29 is 4.74 Å². The SMILES string of the molecule is COC(C)(C)CCC/C=C(\C)Cn1cnc2ccccc21. The van der Waals surface area contributed by atoms with Crippen LogP contribution in [0.5, 0.6) is 0 Å².